The first-order valence-electron chi connectivity index (χ1n) is 5.25. The highest BCUT2D eigenvalue weighted by Gasteiger charge is 2.20. The summed E-state index contributed by atoms with van der Waals surface area (Å²) in [5.74, 6) is 0. The van der Waals surface area contributed by atoms with E-state index in [-0.39, 0.29) is 6.09 Å². The number of nitriles is 1. The van der Waals surface area contributed by atoms with Crippen LogP contribution in [0.1, 0.15) is 40.5 Å². The minimum absolute atomic E-state index is 0.303. The van der Waals surface area contributed by atoms with Gasteiger partial charge in [-0.3, -0.25) is 0 Å². The van der Waals surface area contributed by atoms with E-state index in [1.54, 1.807) is 4.90 Å². The Morgan fingerprint density at radius 3 is 2.47 bits per heavy atom. The van der Waals surface area contributed by atoms with Gasteiger partial charge in [-0.2, -0.15) is 5.26 Å². The van der Waals surface area contributed by atoms with E-state index in [1.165, 1.54) is 0 Å². The van der Waals surface area contributed by atoms with E-state index in [2.05, 4.69) is 6.07 Å². The Morgan fingerprint density at radius 2 is 2.07 bits per heavy atom. The second-order valence-corrected chi connectivity index (χ2v) is 4.32. The number of ether oxygens (including phenoxy) is 1. The Morgan fingerprint density at radius 1 is 1.47 bits per heavy atom. The summed E-state index contributed by atoms with van der Waals surface area (Å²) in [7, 11) is 0. The molecule has 0 fully saturated rings. The zero-order chi connectivity index (χ0) is 11.9. The van der Waals surface area contributed by atoms with Gasteiger partial charge in [0, 0.05) is 19.5 Å². The van der Waals surface area contributed by atoms with Crippen molar-refractivity contribution >= 4 is 6.09 Å². The summed E-state index contributed by atoms with van der Waals surface area (Å²) < 4.78 is 5.23. The van der Waals surface area contributed by atoms with Crippen molar-refractivity contribution in [1.29, 1.82) is 5.26 Å². The van der Waals surface area contributed by atoms with Crippen molar-refractivity contribution in [2.24, 2.45) is 0 Å². The van der Waals surface area contributed by atoms with Crippen LogP contribution in [0.3, 0.4) is 0 Å². The van der Waals surface area contributed by atoms with E-state index < -0.39 is 5.60 Å². The van der Waals surface area contributed by atoms with E-state index in [1.807, 2.05) is 27.7 Å². The second kappa shape index (κ2) is 6.28. The molecule has 0 aromatic rings. The van der Waals surface area contributed by atoms with Crippen molar-refractivity contribution in [3.05, 3.63) is 0 Å². The second-order valence-electron chi connectivity index (χ2n) is 4.32. The molecule has 0 spiro atoms. The molecule has 0 aliphatic rings. The predicted molar refractivity (Wildman–Crippen MR) is 58.3 cm³/mol. The fourth-order valence-corrected chi connectivity index (χ4v) is 1.05. The fourth-order valence-electron chi connectivity index (χ4n) is 1.05. The third kappa shape index (κ3) is 6.78. The van der Waals surface area contributed by atoms with Crippen molar-refractivity contribution in [2.45, 2.75) is 46.1 Å². The molecule has 4 nitrogen and oxygen atoms in total. The van der Waals surface area contributed by atoms with Gasteiger partial charge >= 0.3 is 6.09 Å². The molecular weight excluding hydrogens is 192 g/mol. The van der Waals surface area contributed by atoms with Crippen LogP contribution in [0.25, 0.3) is 0 Å². The maximum Gasteiger partial charge on any atom is 0.410 e. The lowest BCUT2D eigenvalue weighted by atomic mass is 10.2. The number of unbranched alkanes of at least 4 members (excludes halogenated alkanes) is 1. The van der Waals surface area contributed by atoms with Crippen LogP contribution in [0, 0.1) is 11.3 Å². The summed E-state index contributed by atoms with van der Waals surface area (Å²) >= 11 is 0. The molecule has 0 aliphatic heterocycles. The summed E-state index contributed by atoms with van der Waals surface area (Å²) in [6.07, 6.45) is 0.867. The highest BCUT2D eigenvalue weighted by molar-refractivity contribution is 5.68. The Labute approximate surface area is 91.8 Å². The molecule has 0 aromatic carbocycles. The van der Waals surface area contributed by atoms with Crippen LogP contribution < -0.4 is 0 Å². The largest absolute Gasteiger partial charge is 0.444 e. The SMILES string of the molecule is CCN(CCCC#N)C(=O)OC(C)(C)C. The predicted octanol–water partition coefficient (Wildman–Crippen LogP) is 2.55. The Balaban J connectivity index is 4.06. The van der Waals surface area contributed by atoms with Crippen LogP contribution in [0.5, 0.6) is 0 Å². The van der Waals surface area contributed by atoms with E-state index in [9.17, 15) is 4.79 Å². The lowest BCUT2D eigenvalue weighted by molar-refractivity contribution is 0.0259. The quantitative estimate of drug-likeness (QED) is 0.673. The Hall–Kier alpha value is -1.24. The smallest absolute Gasteiger partial charge is 0.410 e. The fraction of sp³-hybridized carbons (Fsp3) is 0.818. The van der Waals surface area contributed by atoms with E-state index in [0.717, 1.165) is 0 Å². The summed E-state index contributed by atoms with van der Waals surface area (Å²) in [6.45, 7) is 8.62. The maximum absolute atomic E-state index is 11.6. The van der Waals surface area contributed by atoms with Gasteiger partial charge in [-0.05, 0) is 34.1 Å². The van der Waals surface area contributed by atoms with Gasteiger partial charge in [-0.25, -0.2) is 4.79 Å². The van der Waals surface area contributed by atoms with Crippen molar-refractivity contribution in [2.75, 3.05) is 13.1 Å². The van der Waals surface area contributed by atoms with Gasteiger partial charge in [-0.1, -0.05) is 0 Å². The third-order valence-electron chi connectivity index (χ3n) is 1.75. The molecule has 0 bridgehead atoms. The summed E-state index contributed by atoms with van der Waals surface area (Å²) in [5.41, 5.74) is -0.459. The third-order valence-corrected chi connectivity index (χ3v) is 1.75. The first-order valence-corrected chi connectivity index (χ1v) is 5.25. The minimum atomic E-state index is -0.459. The zero-order valence-corrected chi connectivity index (χ0v) is 10.0. The first kappa shape index (κ1) is 13.8. The van der Waals surface area contributed by atoms with Crippen molar-refractivity contribution in [3.8, 4) is 6.07 Å². The molecule has 0 aliphatic carbocycles. The van der Waals surface area contributed by atoms with Gasteiger partial charge in [-0.15, -0.1) is 0 Å². The van der Waals surface area contributed by atoms with Gasteiger partial charge < -0.3 is 9.64 Å². The molecule has 0 rings (SSSR count). The molecule has 15 heavy (non-hydrogen) atoms. The van der Waals surface area contributed by atoms with E-state index in [0.29, 0.717) is 25.9 Å². The molecule has 0 unspecified atom stereocenters. The maximum atomic E-state index is 11.6. The van der Waals surface area contributed by atoms with Crippen molar-refractivity contribution in [1.82, 2.24) is 4.90 Å². The van der Waals surface area contributed by atoms with Crippen LogP contribution in [0.2, 0.25) is 0 Å². The van der Waals surface area contributed by atoms with Gasteiger partial charge in [0.25, 0.3) is 0 Å². The van der Waals surface area contributed by atoms with Crippen LogP contribution in [-0.2, 0) is 4.74 Å². The van der Waals surface area contributed by atoms with E-state index >= 15 is 0 Å². The van der Waals surface area contributed by atoms with Crippen LogP contribution >= 0.6 is 0 Å². The molecule has 0 atom stereocenters. The van der Waals surface area contributed by atoms with Crippen molar-refractivity contribution < 1.29 is 9.53 Å². The monoisotopic (exact) mass is 212 g/mol. The average molecular weight is 212 g/mol. The zero-order valence-electron chi connectivity index (χ0n) is 10.0. The van der Waals surface area contributed by atoms with Crippen LogP contribution in [0.4, 0.5) is 4.79 Å². The molecule has 86 valence electrons. The summed E-state index contributed by atoms with van der Waals surface area (Å²) in [4.78, 5) is 13.2. The molecule has 0 saturated carbocycles. The molecule has 0 saturated heterocycles. The van der Waals surface area contributed by atoms with Gasteiger partial charge in [0.15, 0.2) is 0 Å². The van der Waals surface area contributed by atoms with E-state index in [4.69, 9.17) is 10.00 Å². The molecule has 0 N–H and O–H groups in total. The first-order chi connectivity index (χ1) is 6.90. The molecule has 0 heterocycles. The topological polar surface area (TPSA) is 53.3 Å². The number of carbonyl (C=O) groups is 1. The summed E-state index contributed by atoms with van der Waals surface area (Å²) in [6, 6.07) is 2.06. The number of hydrogen-bond donors (Lipinski definition) is 0. The van der Waals surface area contributed by atoms with Gasteiger partial charge in [0.1, 0.15) is 5.60 Å². The van der Waals surface area contributed by atoms with Crippen molar-refractivity contribution in [3.63, 3.8) is 0 Å². The minimum Gasteiger partial charge on any atom is -0.444 e. The molecule has 1 amide bonds. The summed E-state index contributed by atoms with van der Waals surface area (Å²) in [5, 5.41) is 8.39. The molecule has 0 aromatic heterocycles. The highest BCUT2D eigenvalue weighted by atomic mass is 16.6. The average Bonchev–Trinajstić information content (AvgIpc) is 2.09. The number of rotatable bonds is 4. The standard InChI is InChI=1S/C11H20N2O2/c1-5-13(9-7-6-8-12)10(14)15-11(2,3)4/h5-7,9H2,1-4H3. The molecule has 4 heteroatoms. The number of nitrogens with zero attached hydrogens (tertiary/aromatic N) is 2. The lowest BCUT2D eigenvalue weighted by Crippen LogP contribution is -2.37. The highest BCUT2D eigenvalue weighted by Crippen LogP contribution is 2.10. The lowest BCUT2D eigenvalue weighted by Gasteiger charge is -2.26. The number of hydrogen-bond acceptors (Lipinski definition) is 3. The molecular formula is C11H20N2O2. The van der Waals surface area contributed by atoms with Crippen LogP contribution in [-0.4, -0.2) is 29.7 Å². The van der Waals surface area contributed by atoms with Gasteiger partial charge in [0.2, 0.25) is 0 Å². The number of amides is 1. The Bertz CT molecular complexity index is 238. The van der Waals surface area contributed by atoms with Gasteiger partial charge in [0.05, 0.1) is 6.07 Å². The molecule has 0 radical (unpaired) electrons. The van der Waals surface area contributed by atoms with Crippen LogP contribution in [0.15, 0.2) is 0 Å². The normalized spacial score (nSPS) is 10.6. The number of carbonyl (C=O) groups excluding carboxylic acids is 1. The Kier molecular flexibility index (Phi) is 5.76.